The van der Waals surface area contributed by atoms with Crippen LogP contribution in [0.2, 0.25) is 0 Å². The fourth-order valence-corrected chi connectivity index (χ4v) is 4.18. The maximum Gasteiger partial charge on any atom is 0.228 e. The summed E-state index contributed by atoms with van der Waals surface area (Å²) in [6, 6.07) is 3.07. The number of hydrogen-bond acceptors (Lipinski definition) is 8. The first-order valence-corrected chi connectivity index (χ1v) is 10.4. The van der Waals surface area contributed by atoms with Crippen LogP contribution in [0, 0.1) is 17.3 Å². The monoisotopic (exact) mass is 438 g/mol. The van der Waals surface area contributed by atoms with Gasteiger partial charge in [0.1, 0.15) is 11.9 Å². The van der Waals surface area contributed by atoms with Gasteiger partial charge in [-0.15, -0.1) is 0 Å². The first-order chi connectivity index (χ1) is 15.3. The standard InChI is InChI=1S/C22H26N6O4/c1-5-12-6-7-13(32-12)8-9-15-26-19(23-3)16-20(27-15)28(11-25-16)14-10-22(2,21(31)24-4)18(30)17(14)29/h6-7,11,14,17-18,29-30H,5,10H2,1-4H3,(H,24,31)(H,23,26,27)/t14-,17+,18+,22?/m1/s1. The molecule has 1 unspecified atom stereocenters. The molecule has 1 amide bonds. The fourth-order valence-electron chi connectivity index (χ4n) is 4.18. The Bertz CT molecular complexity index is 1220. The average Bonchev–Trinajstić information content (AvgIpc) is 3.50. The number of carbonyl (C=O) groups is 1. The van der Waals surface area contributed by atoms with Crippen molar-refractivity contribution < 1.29 is 19.4 Å². The lowest BCUT2D eigenvalue weighted by molar-refractivity contribution is -0.136. The van der Waals surface area contributed by atoms with Crippen molar-refractivity contribution >= 4 is 22.9 Å². The number of amides is 1. The van der Waals surface area contributed by atoms with E-state index < -0.39 is 23.7 Å². The second kappa shape index (κ2) is 8.26. The van der Waals surface area contributed by atoms with Gasteiger partial charge in [0.15, 0.2) is 22.7 Å². The van der Waals surface area contributed by atoms with Gasteiger partial charge in [-0.05, 0) is 37.3 Å². The van der Waals surface area contributed by atoms with Crippen LogP contribution in [-0.4, -0.2) is 61.9 Å². The van der Waals surface area contributed by atoms with Gasteiger partial charge in [0.05, 0.1) is 23.9 Å². The zero-order valence-corrected chi connectivity index (χ0v) is 18.4. The summed E-state index contributed by atoms with van der Waals surface area (Å²) in [6.07, 6.45) is 0.118. The van der Waals surface area contributed by atoms with E-state index in [2.05, 4.69) is 37.4 Å². The van der Waals surface area contributed by atoms with Crippen LogP contribution in [-0.2, 0) is 11.2 Å². The molecule has 32 heavy (non-hydrogen) atoms. The summed E-state index contributed by atoms with van der Waals surface area (Å²) in [5.41, 5.74) is -0.202. The molecule has 4 atom stereocenters. The van der Waals surface area contributed by atoms with Crippen molar-refractivity contribution in [2.24, 2.45) is 5.41 Å². The normalized spacial score (nSPS) is 24.9. The number of aliphatic hydroxyl groups is 2. The van der Waals surface area contributed by atoms with Gasteiger partial charge in [-0.3, -0.25) is 4.79 Å². The van der Waals surface area contributed by atoms with Gasteiger partial charge in [-0.25, -0.2) is 15.0 Å². The molecule has 0 saturated heterocycles. The van der Waals surface area contributed by atoms with Gasteiger partial charge >= 0.3 is 0 Å². The highest BCUT2D eigenvalue weighted by atomic mass is 16.3. The lowest BCUT2D eigenvalue weighted by Gasteiger charge is -2.26. The highest BCUT2D eigenvalue weighted by Gasteiger charge is 2.54. The predicted molar refractivity (Wildman–Crippen MR) is 117 cm³/mol. The number of rotatable bonds is 4. The summed E-state index contributed by atoms with van der Waals surface area (Å²) in [5, 5.41) is 27.0. The van der Waals surface area contributed by atoms with Gasteiger partial charge in [0, 0.05) is 20.5 Å². The number of carbonyl (C=O) groups excluding carboxylic acids is 1. The largest absolute Gasteiger partial charge is 0.453 e. The molecule has 1 aliphatic rings. The van der Waals surface area contributed by atoms with Crippen LogP contribution >= 0.6 is 0 Å². The molecular weight excluding hydrogens is 412 g/mol. The van der Waals surface area contributed by atoms with E-state index in [1.54, 1.807) is 24.6 Å². The molecule has 0 aliphatic heterocycles. The van der Waals surface area contributed by atoms with Crippen molar-refractivity contribution in [3.05, 3.63) is 35.8 Å². The van der Waals surface area contributed by atoms with E-state index in [1.807, 2.05) is 13.0 Å². The quantitative estimate of drug-likeness (QED) is 0.440. The number of furan rings is 1. The van der Waals surface area contributed by atoms with Crippen molar-refractivity contribution in [3.63, 3.8) is 0 Å². The number of fused-ring (bicyclic) bond motifs is 1. The van der Waals surface area contributed by atoms with Crippen LogP contribution in [0.4, 0.5) is 5.82 Å². The van der Waals surface area contributed by atoms with Crippen molar-refractivity contribution in [1.29, 1.82) is 0 Å². The Morgan fingerprint density at radius 3 is 2.75 bits per heavy atom. The van der Waals surface area contributed by atoms with Crippen molar-refractivity contribution in [3.8, 4) is 11.8 Å². The Morgan fingerprint density at radius 1 is 1.31 bits per heavy atom. The third-order valence-corrected chi connectivity index (χ3v) is 6.07. The molecule has 4 N–H and O–H groups in total. The number of nitrogens with one attached hydrogen (secondary N) is 2. The molecule has 10 heteroatoms. The molecule has 1 saturated carbocycles. The smallest absolute Gasteiger partial charge is 0.228 e. The lowest BCUT2D eigenvalue weighted by atomic mass is 9.85. The number of imidazole rings is 1. The van der Waals surface area contributed by atoms with Crippen molar-refractivity contribution in [1.82, 2.24) is 24.8 Å². The fraction of sp³-hybridized carbons (Fsp3) is 0.455. The number of aliphatic hydroxyl groups excluding tert-OH is 2. The highest BCUT2D eigenvalue weighted by molar-refractivity contribution is 5.85. The SMILES string of the molecule is CCc1ccc(C#Cc2nc(NC)c3ncn([C@@H]4CC(C)(C(=O)NC)[C@@H](O)[C@H]4O)c3n2)o1. The summed E-state index contributed by atoms with van der Waals surface area (Å²) in [7, 11) is 3.22. The Labute approximate surface area is 185 Å². The van der Waals surface area contributed by atoms with E-state index in [9.17, 15) is 15.0 Å². The zero-order valence-electron chi connectivity index (χ0n) is 18.4. The van der Waals surface area contributed by atoms with Crippen LogP contribution in [0.1, 0.15) is 43.7 Å². The molecule has 0 bridgehead atoms. The highest BCUT2D eigenvalue weighted by Crippen LogP contribution is 2.45. The maximum atomic E-state index is 12.4. The predicted octanol–water partition coefficient (Wildman–Crippen LogP) is 0.842. The average molecular weight is 438 g/mol. The summed E-state index contributed by atoms with van der Waals surface area (Å²) >= 11 is 0. The van der Waals surface area contributed by atoms with Crippen molar-refractivity contribution in [2.45, 2.75) is 44.9 Å². The number of hydrogen-bond donors (Lipinski definition) is 4. The minimum atomic E-state index is -1.23. The molecule has 4 rings (SSSR count). The van der Waals surface area contributed by atoms with Gasteiger partial charge in [-0.2, -0.15) is 0 Å². The molecule has 3 aromatic heterocycles. The molecule has 3 heterocycles. The molecule has 10 nitrogen and oxygen atoms in total. The van der Waals surface area contributed by atoms with E-state index >= 15 is 0 Å². The lowest BCUT2D eigenvalue weighted by Crippen LogP contribution is -2.45. The van der Waals surface area contributed by atoms with E-state index in [1.165, 1.54) is 13.4 Å². The van der Waals surface area contributed by atoms with Crippen LogP contribution in [0.25, 0.3) is 11.2 Å². The minimum absolute atomic E-state index is 0.215. The van der Waals surface area contributed by atoms with Gasteiger partial charge in [0.25, 0.3) is 0 Å². The third kappa shape index (κ3) is 3.49. The number of anilines is 1. The molecule has 0 radical (unpaired) electrons. The van der Waals surface area contributed by atoms with E-state index in [0.717, 1.165) is 12.2 Å². The summed E-state index contributed by atoms with van der Waals surface area (Å²) in [6.45, 7) is 3.63. The Balaban J connectivity index is 1.76. The molecular formula is C22H26N6O4. The van der Waals surface area contributed by atoms with E-state index in [0.29, 0.717) is 22.7 Å². The molecule has 1 aliphatic carbocycles. The Morgan fingerprint density at radius 2 is 2.09 bits per heavy atom. The third-order valence-electron chi connectivity index (χ3n) is 6.07. The minimum Gasteiger partial charge on any atom is -0.453 e. The first kappa shape index (κ1) is 21.8. The summed E-state index contributed by atoms with van der Waals surface area (Å²) in [4.78, 5) is 25.8. The summed E-state index contributed by atoms with van der Waals surface area (Å²) in [5.74, 6) is 7.59. The summed E-state index contributed by atoms with van der Waals surface area (Å²) < 4.78 is 7.28. The molecule has 0 spiro atoms. The number of aromatic nitrogens is 4. The van der Waals surface area contributed by atoms with Crippen LogP contribution in [0.3, 0.4) is 0 Å². The van der Waals surface area contributed by atoms with Gasteiger partial charge in [-0.1, -0.05) is 6.92 Å². The number of aryl methyl sites for hydroxylation is 1. The number of nitrogens with zero attached hydrogens (tertiary/aromatic N) is 4. The maximum absolute atomic E-state index is 12.4. The van der Waals surface area contributed by atoms with Crippen LogP contribution in [0.5, 0.6) is 0 Å². The zero-order chi connectivity index (χ0) is 23.0. The Hall–Kier alpha value is -3.42. The molecule has 1 fully saturated rings. The second-order valence-electron chi connectivity index (χ2n) is 8.04. The van der Waals surface area contributed by atoms with E-state index in [4.69, 9.17) is 4.42 Å². The van der Waals surface area contributed by atoms with Gasteiger partial charge in [0.2, 0.25) is 11.7 Å². The Kier molecular flexibility index (Phi) is 5.62. The molecule has 3 aromatic rings. The topological polar surface area (TPSA) is 138 Å². The van der Waals surface area contributed by atoms with Crippen molar-refractivity contribution in [2.75, 3.05) is 19.4 Å². The van der Waals surface area contributed by atoms with Gasteiger partial charge < -0.3 is 29.8 Å². The second-order valence-corrected chi connectivity index (χ2v) is 8.04. The van der Waals surface area contributed by atoms with Crippen LogP contribution < -0.4 is 10.6 Å². The first-order valence-electron chi connectivity index (χ1n) is 10.4. The van der Waals surface area contributed by atoms with Crippen LogP contribution in [0.15, 0.2) is 22.9 Å². The molecule has 0 aromatic carbocycles. The molecule has 168 valence electrons. The van der Waals surface area contributed by atoms with E-state index in [-0.39, 0.29) is 18.2 Å².